The maximum atomic E-state index is 8.12. The molecule has 0 saturated carbocycles. The highest BCUT2D eigenvalue weighted by atomic mass is 35.5. The van der Waals surface area contributed by atoms with Gasteiger partial charge in [-0.05, 0) is 70.0 Å². The maximum Gasteiger partial charge on any atom is 0.373 e. The second-order valence-electron chi connectivity index (χ2n) is 7.29. The Kier molecular flexibility index (Phi) is 9.79. The lowest BCUT2D eigenvalue weighted by Crippen LogP contribution is -2.50. The number of nitrogens with two attached hydrogens (primary N) is 1. The molecule has 6 heteroatoms. The van der Waals surface area contributed by atoms with Gasteiger partial charge in [-0.15, -0.1) is 12.4 Å². The van der Waals surface area contributed by atoms with Gasteiger partial charge in [0.25, 0.3) is 0 Å². The number of carbonyl (C=O) groups excluding carboxylic acids is 2. The Hall–Kier alpha value is -0.710. The van der Waals surface area contributed by atoms with Crippen LogP contribution in [0, 0.1) is 11.8 Å². The van der Waals surface area contributed by atoms with Gasteiger partial charge in [-0.1, -0.05) is 12.2 Å². The third-order valence-corrected chi connectivity index (χ3v) is 5.76. The molecule has 5 nitrogen and oxygen atoms in total. The smallest absolute Gasteiger partial charge is 0.327 e. The molecule has 4 rings (SSSR count). The van der Waals surface area contributed by atoms with E-state index in [0.717, 1.165) is 11.8 Å². The van der Waals surface area contributed by atoms with Gasteiger partial charge in [0.05, 0.1) is 0 Å². The van der Waals surface area contributed by atoms with Crippen molar-refractivity contribution in [2.75, 3.05) is 39.3 Å². The largest absolute Gasteiger partial charge is 0.373 e. The predicted molar refractivity (Wildman–Crippen MR) is 96.9 cm³/mol. The quantitative estimate of drug-likeness (QED) is 0.671. The zero-order valence-corrected chi connectivity index (χ0v) is 15.4. The second kappa shape index (κ2) is 11.0. The molecule has 4 heterocycles. The van der Waals surface area contributed by atoms with Crippen LogP contribution < -0.4 is 5.73 Å². The summed E-state index contributed by atoms with van der Waals surface area (Å²) in [6.45, 7) is 11.9. The Morgan fingerprint density at radius 2 is 1.58 bits per heavy atom. The van der Waals surface area contributed by atoms with Gasteiger partial charge in [0.1, 0.15) is 0 Å². The number of nitrogens with zero attached hydrogens (tertiary/aromatic N) is 2. The van der Waals surface area contributed by atoms with Crippen LogP contribution in [-0.4, -0.2) is 61.3 Å². The van der Waals surface area contributed by atoms with Gasteiger partial charge in [-0.25, -0.2) is 0 Å². The summed E-state index contributed by atoms with van der Waals surface area (Å²) in [6.07, 6.45) is 8.27. The number of halogens is 1. The van der Waals surface area contributed by atoms with Gasteiger partial charge in [0.15, 0.2) is 0 Å². The first-order chi connectivity index (χ1) is 11.1. The second-order valence-corrected chi connectivity index (χ2v) is 7.29. The topological polar surface area (TPSA) is 66.6 Å². The van der Waals surface area contributed by atoms with E-state index in [1.165, 1.54) is 83.4 Å². The van der Waals surface area contributed by atoms with E-state index >= 15 is 0 Å². The molecule has 4 aliphatic heterocycles. The van der Waals surface area contributed by atoms with Gasteiger partial charge in [-0.3, -0.25) is 0 Å². The number of rotatable bonds is 0. The maximum absolute atomic E-state index is 8.12. The van der Waals surface area contributed by atoms with Gasteiger partial charge in [-0.2, -0.15) is 9.59 Å². The highest BCUT2D eigenvalue weighted by Crippen LogP contribution is 2.29. The SMILES string of the molecule is C=C1CCN2CCCC1C2.Cl.NC1CCN2CCCC1C2.O=C=O. The Morgan fingerprint density at radius 3 is 2.21 bits per heavy atom. The molecule has 0 amide bonds. The average molecular weight is 358 g/mol. The van der Waals surface area contributed by atoms with Gasteiger partial charge in [0.2, 0.25) is 0 Å². The van der Waals surface area contributed by atoms with Crippen LogP contribution >= 0.6 is 12.4 Å². The first kappa shape index (κ1) is 21.3. The fourth-order valence-electron chi connectivity index (χ4n) is 4.31. The molecule has 4 fully saturated rings. The normalized spacial score (nSPS) is 36.5. The Labute approximate surface area is 152 Å². The van der Waals surface area contributed by atoms with Crippen molar-refractivity contribution in [2.24, 2.45) is 17.6 Å². The predicted octanol–water partition coefficient (Wildman–Crippen LogP) is 1.93. The van der Waals surface area contributed by atoms with Crippen LogP contribution in [0.5, 0.6) is 0 Å². The molecule has 5 atom stereocenters. The molecule has 4 aliphatic rings. The van der Waals surface area contributed by atoms with Crippen LogP contribution in [-0.2, 0) is 9.59 Å². The van der Waals surface area contributed by atoms with Crippen LogP contribution in [0.2, 0.25) is 0 Å². The summed E-state index contributed by atoms with van der Waals surface area (Å²) in [4.78, 5) is 21.4. The van der Waals surface area contributed by atoms with E-state index in [1.807, 2.05) is 0 Å². The van der Waals surface area contributed by atoms with E-state index in [-0.39, 0.29) is 18.6 Å². The van der Waals surface area contributed by atoms with Crippen molar-refractivity contribution in [3.8, 4) is 0 Å². The van der Waals surface area contributed by atoms with Crippen molar-refractivity contribution in [3.05, 3.63) is 12.2 Å². The van der Waals surface area contributed by atoms with E-state index in [1.54, 1.807) is 0 Å². The molecule has 0 aromatic carbocycles. The standard InChI is InChI=1S/C9H15N.C8H16N2.CO2.ClH/c1-8-4-6-10-5-2-3-9(8)7-10;9-8-3-5-10-4-1-2-7(8)6-10;2-1-3;/h9H,1-7H2;7-8H,1-6,9H2;;1H. The number of hydrogen-bond acceptors (Lipinski definition) is 5. The summed E-state index contributed by atoms with van der Waals surface area (Å²) < 4.78 is 0. The third-order valence-electron chi connectivity index (χ3n) is 5.76. The third kappa shape index (κ3) is 6.30. The fourth-order valence-corrected chi connectivity index (χ4v) is 4.31. The summed E-state index contributed by atoms with van der Waals surface area (Å²) in [5.74, 6) is 1.67. The number of hydrogen-bond donors (Lipinski definition) is 1. The average Bonchev–Trinajstić information content (AvgIpc) is 2.57. The first-order valence-corrected chi connectivity index (χ1v) is 9.01. The Balaban J connectivity index is 0.000000200. The van der Waals surface area contributed by atoms with Crippen molar-refractivity contribution in [2.45, 2.75) is 44.6 Å². The molecule has 2 N–H and O–H groups in total. The van der Waals surface area contributed by atoms with Crippen LogP contribution in [0.4, 0.5) is 0 Å². The van der Waals surface area contributed by atoms with Crippen LogP contribution in [0.25, 0.3) is 0 Å². The van der Waals surface area contributed by atoms with Crippen molar-refractivity contribution < 1.29 is 9.59 Å². The molecule has 4 bridgehead atoms. The van der Waals surface area contributed by atoms with Crippen molar-refractivity contribution in [1.29, 1.82) is 0 Å². The van der Waals surface area contributed by atoms with Gasteiger partial charge in [0, 0.05) is 25.7 Å². The minimum atomic E-state index is 0. The highest BCUT2D eigenvalue weighted by Gasteiger charge is 2.29. The summed E-state index contributed by atoms with van der Waals surface area (Å²) in [5, 5.41) is 0. The molecular weight excluding hydrogens is 326 g/mol. The lowest BCUT2D eigenvalue weighted by atomic mass is 9.86. The lowest BCUT2D eigenvalue weighted by Gasteiger charge is -2.41. The lowest BCUT2D eigenvalue weighted by molar-refractivity contribution is -0.191. The van der Waals surface area contributed by atoms with Crippen LogP contribution in [0.3, 0.4) is 0 Å². The molecule has 5 unspecified atom stereocenters. The van der Waals surface area contributed by atoms with E-state index in [9.17, 15) is 0 Å². The minimum Gasteiger partial charge on any atom is -0.327 e. The molecule has 0 radical (unpaired) electrons. The first-order valence-electron chi connectivity index (χ1n) is 9.01. The van der Waals surface area contributed by atoms with Crippen LogP contribution in [0.1, 0.15) is 38.5 Å². The summed E-state index contributed by atoms with van der Waals surface area (Å²) in [7, 11) is 0. The molecule has 0 aromatic heterocycles. The molecule has 138 valence electrons. The molecule has 4 saturated heterocycles. The molecule has 0 aliphatic carbocycles. The zero-order chi connectivity index (χ0) is 16.7. The van der Waals surface area contributed by atoms with E-state index < -0.39 is 0 Å². The number of piperidine rings is 4. The minimum absolute atomic E-state index is 0. The molecule has 24 heavy (non-hydrogen) atoms. The Morgan fingerprint density at radius 1 is 0.958 bits per heavy atom. The summed E-state index contributed by atoms with van der Waals surface area (Å²) >= 11 is 0. The van der Waals surface area contributed by atoms with E-state index in [2.05, 4.69) is 16.4 Å². The molecular formula is C18H32ClN3O2. The zero-order valence-electron chi connectivity index (χ0n) is 14.6. The van der Waals surface area contributed by atoms with Gasteiger partial charge >= 0.3 is 6.15 Å². The summed E-state index contributed by atoms with van der Waals surface area (Å²) in [5.41, 5.74) is 7.47. The van der Waals surface area contributed by atoms with Crippen LogP contribution in [0.15, 0.2) is 12.2 Å². The van der Waals surface area contributed by atoms with Crippen molar-refractivity contribution in [1.82, 2.24) is 9.80 Å². The highest BCUT2D eigenvalue weighted by molar-refractivity contribution is 5.85. The van der Waals surface area contributed by atoms with Gasteiger partial charge < -0.3 is 15.5 Å². The van der Waals surface area contributed by atoms with Crippen molar-refractivity contribution >= 4 is 18.6 Å². The Bertz CT molecular complexity index is 424. The monoisotopic (exact) mass is 357 g/mol. The summed E-state index contributed by atoms with van der Waals surface area (Å²) in [6, 6.07) is 0.511. The fraction of sp³-hybridized carbons (Fsp3) is 0.833. The molecule has 0 aromatic rings. The molecule has 0 spiro atoms. The number of fused-ring (bicyclic) bond motifs is 4. The van der Waals surface area contributed by atoms with E-state index in [4.69, 9.17) is 15.3 Å². The van der Waals surface area contributed by atoms with E-state index in [0.29, 0.717) is 6.04 Å². The van der Waals surface area contributed by atoms with Crippen molar-refractivity contribution in [3.63, 3.8) is 0 Å².